The minimum absolute atomic E-state index is 0.0954. The number of non-ortho nitro benzene ring substituents is 1. The van der Waals surface area contributed by atoms with E-state index in [4.69, 9.17) is 5.73 Å². The molecular formula is C21H19FN6O5S. The Morgan fingerprint density at radius 2 is 1.97 bits per heavy atom. The van der Waals surface area contributed by atoms with Crippen LogP contribution in [0.2, 0.25) is 0 Å². The quantitative estimate of drug-likeness (QED) is 0.277. The van der Waals surface area contributed by atoms with Crippen LogP contribution in [0.1, 0.15) is 28.0 Å². The predicted octanol–water partition coefficient (Wildman–Crippen LogP) is 2.14. The number of hydrogen-bond acceptors (Lipinski definition) is 8. The second kappa shape index (κ2) is 9.67. The molecule has 0 unspecified atom stereocenters. The Balaban J connectivity index is 1.70. The summed E-state index contributed by atoms with van der Waals surface area (Å²) in [6, 6.07) is 10.3. The van der Waals surface area contributed by atoms with Crippen molar-refractivity contribution in [3.05, 3.63) is 75.2 Å². The number of amides is 1. The number of nitrogens with one attached hydrogen (secondary N) is 1. The summed E-state index contributed by atoms with van der Waals surface area (Å²) in [6.07, 6.45) is 1.50. The van der Waals surface area contributed by atoms with Crippen LogP contribution < -0.4 is 11.1 Å². The highest BCUT2D eigenvalue weighted by molar-refractivity contribution is 7.90. The lowest BCUT2D eigenvalue weighted by molar-refractivity contribution is -0.385. The average molecular weight is 486 g/mol. The molecule has 0 spiro atoms. The van der Waals surface area contributed by atoms with Crippen LogP contribution in [0.4, 0.5) is 15.9 Å². The maximum atomic E-state index is 13.2. The molecule has 1 amide bonds. The summed E-state index contributed by atoms with van der Waals surface area (Å²) < 4.78 is 38.1. The second-order valence-corrected chi connectivity index (χ2v) is 9.33. The number of nitrogen functional groups attached to an aromatic ring is 1. The summed E-state index contributed by atoms with van der Waals surface area (Å²) in [7, 11) is -3.77. The maximum absolute atomic E-state index is 13.2. The van der Waals surface area contributed by atoms with Crippen LogP contribution in [0.25, 0.3) is 5.69 Å². The Morgan fingerprint density at radius 3 is 2.56 bits per heavy atom. The Kier molecular flexibility index (Phi) is 6.92. The minimum atomic E-state index is -3.77. The number of nitriles is 1. The van der Waals surface area contributed by atoms with Gasteiger partial charge in [0.05, 0.1) is 21.2 Å². The van der Waals surface area contributed by atoms with Crippen molar-refractivity contribution < 1.29 is 22.5 Å². The van der Waals surface area contributed by atoms with Gasteiger partial charge in [0.2, 0.25) is 0 Å². The summed E-state index contributed by atoms with van der Waals surface area (Å²) in [6.45, 7) is 0.115. The largest absolute Gasteiger partial charge is 0.382 e. The zero-order chi connectivity index (χ0) is 25.0. The van der Waals surface area contributed by atoms with Gasteiger partial charge in [-0.3, -0.25) is 14.9 Å². The van der Waals surface area contributed by atoms with Crippen molar-refractivity contribution in [2.75, 3.05) is 18.5 Å². The molecule has 0 aliphatic rings. The molecule has 3 N–H and O–H groups in total. The number of nitrogens with two attached hydrogens (primary N) is 1. The number of nitro groups is 1. The number of carbonyl (C=O) groups excluding carboxylic acids is 1. The van der Waals surface area contributed by atoms with Crippen LogP contribution in [-0.4, -0.2) is 41.8 Å². The Bertz CT molecular complexity index is 1410. The fourth-order valence-corrected chi connectivity index (χ4v) is 3.82. The third-order valence-corrected chi connectivity index (χ3v) is 5.94. The molecule has 0 saturated carbocycles. The molecule has 0 fully saturated rings. The van der Waals surface area contributed by atoms with E-state index >= 15 is 0 Å². The van der Waals surface area contributed by atoms with Crippen LogP contribution in [0.3, 0.4) is 0 Å². The number of benzene rings is 2. The van der Waals surface area contributed by atoms with Crippen LogP contribution in [0.5, 0.6) is 0 Å². The molecule has 0 saturated heterocycles. The van der Waals surface area contributed by atoms with E-state index in [0.717, 1.165) is 24.5 Å². The van der Waals surface area contributed by atoms with Gasteiger partial charge in [-0.25, -0.2) is 17.5 Å². The fraction of sp³-hybridized carbons (Fsp3) is 0.190. The maximum Gasteiger partial charge on any atom is 0.271 e. The zero-order valence-corrected chi connectivity index (χ0v) is 18.7. The van der Waals surface area contributed by atoms with Gasteiger partial charge in [0.15, 0.2) is 9.84 Å². The summed E-state index contributed by atoms with van der Waals surface area (Å²) in [5.41, 5.74) is 6.34. The smallest absolute Gasteiger partial charge is 0.271 e. The normalized spacial score (nSPS) is 11.1. The monoisotopic (exact) mass is 486 g/mol. The van der Waals surface area contributed by atoms with Gasteiger partial charge in [-0.05, 0) is 43.2 Å². The first kappa shape index (κ1) is 24.3. The van der Waals surface area contributed by atoms with Crippen molar-refractivity contribution in [2.45, 2.75) is 17.7 Å². The van der Waals surface area contributed by atoms with Crippen molar-refractivity contribution in [3.63, 3.8) is 0 Å². The molecule has 0 atom stereocenters. The van der Waals surface area contributed by atoms with Gasteiger partial charge < -0.3 is 11.1 Å². The summed E-state index contributed by atoms with van der Waals surface area (Å²) >= 11 is 0. The lowest BCUT2D eigenvalue weighted by atomic mass is 10.1. The van der Waals surface area contributed by atoms with E-state index in [-0.39, 0.29) is 34.8 Å². The number of aryl methyl sites for hydroxylation is 1. The molecule has 0 aliphatic carbocycles. The molecule has 34 heavy (non-hydrogen) atoms. The van der Waals surface area contributed by atoms with Crippen molar-refractivity contribution in [1.82, 2.24) is 15.1 Å². The van der Waals surface area contributed by atoms with Gasteiger partial charge in [-0.15, -0.1) is 0 Å². The number of carbonyl (C=O) groups is 1. The molecule has 0 bridgehead atoms. The number of sulfone groups is 1. The van der Waals surface area contributed by atoms with Gasteiger partial charge in [0.1, 0.15) is 23.3 Å². The standard InChI is InChI=1S/C21H19FN6O5S/c1-34(32,33)17-10-13(9-16(11-17)28(30)31)21(29)25-8-2-3-19-18(12-23)20(24)27(26-19)15-6-4-14(22)5-7-15/h4-7,9-11H,2-3,8,24H2,1H3,(H,25,29). The average Bonchev–Trinajstić information content (AvgIpc) is 3.11. The number of nitrogens with zero attached hydrogens (tertiary/aromatic N) is 4. The topological polar surface area (TPSA) is 174 Å². The van der Waals surface area contributed by atoms with Gasteiger partial charge >= 0.3 is 0 Å². The molecule has 2 aromatic carbocycles. The van der Waals surface area contributed by atoms with Crippen molar-refractivity contribution >= 4 is 27.2 Å². The van der Waals surface area contributed by atoms with Crippen LogP contribution >= 0.6 is 0 Å². The molecule has 1 heterocycles. The SMILES string of the molecule is CS(=O)(=O)c1cc(C(=O)NCCCc2nn(-c3ccc(F)cc3)c(N)c2C#N)cc([N+](=O)[O-])c1. The molecular weight excluding hydrogens is 467 g/mol. The first-order valence-corrected chi connectivity index (χ1v) is 11.7. The fourth-order valence-electron chi connectivity index (χ4n) is 3.15. The number of nitro benzene ring substituents is 1. The molecule has 13 heteroatoms. The van der Waals surface area contributed by atoms with Crippen molar-refractivity contribution in [3.8, 4) is 11.8 Å². The molecule has 3 aromatic rings. The van der Waals surface area contributed by atoms with Crippen molar-refractivity contribution in [2.24, 2.45) is 0 Å². The number of rotatable bonds is 8. The number of hydrogen-bond donors (Lipinski definition) is 2. The lowest BCUT2D eigenvalue weighted by Gasteiger charge is -2.07. The van der Waals surface area contributed by atoms with E-state index in [0.29, 0.717) is 17.8 Å². The molecule has 0 radical (unpaired) electrons. The van der Waals surface area contributed by atoms with E-state index in [2.05, 4.69) is 10.4 Å². The molecule has 1 aromatic heterocycles. The number of aromatic nitrogens is 2. The van der Waals surface area contributed by atoms with E-state index < -0.39 is 32.2 Å². The van der Waals surface area contributed by atoms with Gasteiger partial charge in [-0.1, -0.05) is 0 Å². The Morgan fingerprint density at radius 1 is 1.29 bits per heavy atom. The summed E-state index contributed by atoms with van der Waals surface area (Å²) in [5, 5.41) is 27.4. The third-order valence-electron chi connectivity index (χ3n) is 4.84. The minimum Gasteiger partial charge on any atom is -0.382 e. The highest BCUT2D eigenvalue weighted by Gasteiger charge is 2.20. The van der Waals surface area contributed by atoms with E-state index in [1.807, 2.05) is 6.07 Å². The van der Waals surface area contributed by atoms with E-state index in [9.17, 15) is 33.0 Å². The van der Waals surface area contributed by atoms with Crippen LogP contribution in [-0.2, 0) is 16.3 Å². The molecule has 0 aliphatic heterocycles. The Labute approximate surface area is 193 Å². The Hall–Kier alpha value is -4.31. The molecule has 3 rings (SSSR count). The second-order valence-electron chi connectivity index (χ2n) is 7.31. The van der Waals surface area contributed by atoms with Crippen LogP contribution in [0.15, 0.2) is 47.4 Å². The van der Waals surface area contributed by atoms with E-state index in [1.54, 1.807) is 0 Å². The predicted molar refractivity (Wildman–Crippen MR) is 120 cm³/mol. The lowest BCUT2D eigenvalue weighted by Crippen LogP contribution is -2.25. The third kappa shape index (κ3) is 5.36. The first-order chi connectivity index (χ1) is 16.0. The molecule has 176 valence electrons. The summed E-state index contributed by atoms with van der Waals surface area (Å²) in [5.74, 6) is -1.03. The highest BCUT2D eigenvalue weighted by atomic mass is 32.2. The highest BCUT2D eigenvalue weighted by Crippen LogP contribution is 2.23. The van der Waals surface area contributed by atoms with E-state index in [1.165, 1.54) is 28.9 Å². The first-order valence-electron chi connectivity index (χ1n) is 9.82. The summed E-state index contributed by atoms with van der Waals surface area (Å²) in [4.78, 5) is 22.4. The van der Waals surface area contributed by atoms with Gasteiger partial charge in [0.25, 0.3) is 11.6 Å². The number of halogens is 1. The van der Waals surface area contributed by atoms with Gasteiger partial charge in [0, 0.05) is 30.5 Å². The van der Waals surface area contributed by atoms with Crippen molar-refractivity contribution in [1.29, 1.82) is 5.26 Å². The molecule has 11 nitrogen and oxygen atoms in total. The zero-order valence-electron chi connectivity index (χ0n) is 17.9. The number of anilines is 1. The van der Waals surface area contributed by atoms with Crippen LogP contribution in [0, 0.1) is 27.3 Å². The van der Waals surface area contributed by atoms with Gasteiger partial charge in [-0.2, -0.15) is 10.4 Å².